The normalized spacial score (nSPS) is 11.5. The van der Waals surface area contributed by atoms with Gasteiger partial charge in [-0.05, 0) is 139 Å². The molecule has 8 rings (SSSR count). The minimum absolute atomic E-state index is 1.31. The Bertz CT molecular complexity index is 2090. The molecular weight excluding hydrogens is 480 g/mol. The predicted octanol–water partition coefficient (Wildman–Crippen LogP) is 11.5. The van der Waals surface area contributed by atoms with Gasteiger partial charge >= 0.3 is 0 Å². The first-order valence-electron chi connectivity index (χ1n) is 14.1. The second kappa shape index (κ2) is 9.50. The molecule has 40 heavy (non-hydrogen) atoms. The van der Waals surface area contributed by atoms with E-state index in [4.69, 9.17) is 0 Å². The Hall–Kier alpha value is -4.68. The highest BCUT2D eigenvalue weighted by Gasteiger charge is 2.08. The third-order valence-electron chi connectivity index (χ3n) is 8.80. The van der Waals surface area contributed by atoms with Gasteiger partial charge in [0.2, 0.25) is 0 Å². The van der Waals surface area contributed by atoms with Gasteiger partial charge in [0.1, 0.15) is 0 Å². The van der Waals surface area contributed by atoms with Crippen molar-refractivity contribution in [3.05, 3.63) is 144 Å². The van der Waals surface area contributed by atoms with E-state index in [1.54, 1.807) is 0 Å². The van der Waals surface area contributed by atoms with Crippen LogP contribution in [-0.4, -0.2) is 0 Å². The first-order chi connectivity index (χ1) is 19.5. The van der Waals surface area contributed by atoms with Crippen LogP contribution in [0.2, 0.25) is 0 Å². The molecule has 192 valence electrons. The molecule has 8 aromatic carbocycles. The van der Waals surface area contributed by atoms with Crippen LogP contribution >= 0.6 is 0 Å². The smallest absolute Gasteiger partial charge is 0.00733 e. The van der Waals surface area contributed by atoms with Gasteiger partial charge in [-0.2, -0.15) is 0 Å². The van der Waals surface area contributed by atoms with E-state index in [1.807, 2.05) is 0 Å². The van der Waals surface area contributed by atoms with Crippen LogP contribution in [0.4, 0.5) is 0 Å². The van der Waals surface area contributed by atoms with Gasteiger partial charge in [0.05, 0.1) is 0 Å². The molecule has 0 nitrogen and oxygen atoms in total. The van der Waals surface area contributed by atoms with Crippen molar-refractivity contribution in [3.8, 4) is 0 Å². The summed E-state index contributed by atoms with van der Waals surface area (Å²) < 4.78 is 0. The van der Waals surface area contributed by atoms with Crippen LogP contribution in [0.15, 0.2) is 121 Å². The van der Waals surface area contributed by atoms with Crippen molar-refractivity contribution >= 4 is 64.6 Å². The Balaban J connectivity index is 0.000000132. The summed E-state index contributed by atoms with van der Waals surface area (Å²) in [6, 6.07) is 44.3. The molecular formula is C40H32. The van der Waals surface area contributed by atoms with E-state index in [2.05, 4.69) is 149 Å². The van der Waals surface area contributed by atoms with Gasteiger partial charge in [0.25, 0.3) is 0 Å². The van der Waals surface area contributed by atoms with Gasteiger partial charge in [-0.1, -0.05) is 97.1 Å². The topological polar surface area (TPSA) is 0 Å². The Labute approximate surface area is 235 Å². The molecule has 8 aromatic rings. The summed E-state index contributed by atoms with van der Waals surface area (Å²) >= 11 is 0. The van der Waals surface area contributed by atoms with Crippen molar-refractivity contribution in [2.45, 2.75) is 27.7 Å². The van der Waals surface area contributed by atoms with E-state index in [9.17, 15) is 0 Å². The van der Waals surface area contributed by atoms with E-state index in [0.717, 1.165) is 0 Å². The van der Waals surface area contributed by atoms with Gasteiger partial charge in [0, 0.05) is 0 Å². The number of fused-ring (bicyclic) bond motifs is 8. The fraction of sp³-hybridized carbons (Fsp3) is 0.100. The molecule has 0 N–H and O–H groups in total. The Kier molecular flexibility index (Phi) is 5.79. The fourth-order valence-electron chi connectivity index (χ4n) is 6.25. The van der Waals surface area contributed by atoms with Crippen molar-refractivity contribution in [2.24, 2.45) is 0 Å². The quantitative estimate of drug-likeness (QED) is 0.140. The number of hydrogen-bond acceptors (Lipinski definition) is 0. The Morgan fingerprint density at radius 1 is 0.300 bits per heavy atom. The lowest BCUT2D eigenvalue weighted by atomic mass is 9.94. The molecule has 0 amide bonds. The maximum absolute atomic E-state index is 2.33. The van der Waals surface area contributed by atoms with Crippen molar-refractivity contribution in [1.82, 2.24) is 0 Å². The van der Waals surface area contributed by atoms with Crippen LogP contribution in [0, 0.1) is 27.7 Å². The molecule has 0 heterocycles. The van der Waals surface area contributed by atoms with E-state index in [1.165, 1.54) is 86.9 Å². The first-order valence-corrected chi connectivity index (χ1v) is 14.1. The van der Waals surface area contributed by atoms with Gasteiger partial charge in [-0.3, -0.25) is 0 Å². The summed E-state index contributed by atoms with van der Waals surface area (Å²) in [5.41, 5.74) is 5.50. The van der Waals surface area contributed by atoms with E-state index in [-0.39, 0.29) is 0 Å². The maximum atomic E-state index is 2.33. The maximum Gasteiger partial charge on any atom is -0.00733 e. The second-order valence-electron chi connectivity index (χ2n) is 11.2. The molecule has 0 saturated carbocycles. The molecule has 0 radical (unpaired) electrons. The summed E-state index contributed by atoms with van der Waals surface area (Å²) in [6.45, 7) is 8.84. The molecule has 0 aliphatic heterocycles. The zero-order valence-electron chi connectivity index (χ0n) is 23.5. The molecule has 0 aliphatic carbocycles. The molecule has 0 aliphatic rings. The highest BCUT2D eigenvalue weighted by molar-refractivity contribution is 6.14. The number of rotatable bonds is 0. The molecule has 0 atom stereocenters. The van der Waals surface area contributed by atoms with Crippen molar-refractivity contribution in [3.63, 3.8) is 0 Å². The summed E-state index contributed by atoms with van der Waals surface area (Å²) in [7, 11) is 0. The van der Waals surface area contributed by atoms with E-state index in [0.29, 0.717) is 0 Å². The average Bonchev–Trinajstić information content (AvgIpc) is 2.98. The van der Waals surface area contributed by atoms with E-state index < -0.39 is 0 Å². The second-order valence-corrected chi connectivity index (χ2v) is 11.2. The molecule has 0 unspecified atom stereocenters. The van der Waals surface area contributed by atoms with Crippen LogP contribution in [0.3, 0.4) is 0 Å². The van der Waals surface area contributed by atoms with Gasteiger partial charge in [-0.15, -0.1) is 0 Å². The van der Waals surface area contributed by atoms with Crippen LogP contribution in [0.25, 0.3) is 64.6 Å². The third kappa shape index (κ3) is 4.00. The molecule has 0 bridgehead atoms. The molecule has 0 fully saturated rings. The zero-order valence-corrected chi connectivity index (χ0v) is 23.5. The molecule has 0 aromatic heterocycles. The van der Waals surface area contributed by atoms with Crippen LogP contribution in [0.5, 0.6) is 0 Å². The summed E-state index contributed by atoms with van der Waals surface area (Å²) in [6.07, 6.45) is 0. The van der Waals surface area contributed by atoms with Crippen molar-refractivity contribution in [1.29, 1.82) is 0 Å². The van der Waals surface area contributed by atoms with E-state index >= 15 is 0 Å². The summed E-state index contributed by atoms with van der Waals surface area (Å²) in [4.78, 5) is 0. The number of benzene rings is 8. The fourth-order valence-corrected chi connectivity index (χ4v) is 6.25. The van der Waals surface area contributed by atoms with Crippen LogP contribution in [-0.2, 0) is 0 Å². The highest BCUT2D eigenvalue weighted by Crippen LogP contribution is 2.34. The monoisotopic (exact) mass is 512 g/mol. The first kappa shape index (κ1) is 24.4. The van der Waals surface area contributed by atoms with Gasteiger partial charge in [-0.25, -0.2) is 0 Å². The SMILES string of the molecule is Cc1ccc2ccc3cc4ccccc4cc3c2c1C.Cc1ccc2ccc3cc4ccccc4cc3c2c1C. The lowest BCUT2D eigenvalue weighted by Crippen LogP contribution is -1.86. The Morgan fingerprint density at radius 2 is 0.625 bits per heavy atom. The lowest BCUT2D eigenvalue weighted by molar-refractivity contribution is 1.39. The standard InChI is InChI=1S/2C20H16/c2*1-13-7-8-15-9-10-18-11-16-5-3-4-6-17(16)12-19(18)20(15)14(13)2/h2*3-12H,1-2H3. The largest absolute Gasteiger partial charge is 0.0616 e. The Morgan fingerprint density at radius 3 is 1.02 bits per heavy atom. The number of hydrogen-bond donors (Lipinski definition) is 0. The highest BCUT2D eigenvalue weighted by atomic mass is 14.1. The van der Waals surface area contributed by atoms with Crippen molar-refractivity contribution < 1.29 is 0 Å². The number of aryl methyl sites for hydroxylation is 4. The zero-order chi connectivity index (χ0) is 27.4. The predicted molar refractivity (Wildman–Crippen MR) is 177 cm³/mol. The molecule has 0 saturated heterocycles. The minimum atomic E-state index is 1.31. The van der Waals surface area contributed by atoms with Crippen molar-refractivity contribution in [2.75, 3.05) is 0 Å². The van der Waals surface area contributed by atoms with Gasteiger partial charge < -0.3 is 0 Å². The van der Waals surface area contributed by atoms with Crippen LogP contribution in [0.1, 0.15) is 22.3 Å². The summed E-state index contributed by atoms with van der Waals surface area (Å²) in [5, 5.41) is 16.1. The average molecular weight is 513 g/mol. The lowest BCUT2D eigenvalue weighted by Gasteiger charge is -2.10. The van der Waals surface area contributed by atoms with Gasteiger partial charge in [0.15, 0.2) is 0 Å². The minimum Gasteiger partial charge on any atom is -0.0616 e. The summed E-state index contributed by atoms with van der Waals surface area (Å²) in [5.74, 6) is 0. The molecule has 0 heteroatoms. The third-order valence-corrected chi connectivity index (χ3v) is 8.80. The van der Waals surface area contributed by atoms with Crippen LogP contribution < -0.4 is 0 Å². The molecule has 0 spiro atoms.